The lowest BCUT2D eigenvalue weighted by atomic mass is 10.0. The highest BCUT2D eigenvalue weighted by Gasteiger charge is 2.34. The normalized spacial score (nSPS) is 12.2. The molecule has 1 atom stereocenters. The Morgan fingerprint density at radius 3 is 2.13 bits per heavy atom. The van der Waals surface area contributed by atoms with Crippen LogP contribution < -0.4 is 9.62 Å². The number of nitrogens with zero attached hydrogens (tertiary/aromatic N) is 2. The van der Waals surface area contributed by atoms with Crippen LogP contribution in [-0.4, -0.2) is 50.0 Å². The smallest absolute Gasteiger partial charge is 0.244 e. The van der Waals surface area contributed by atoms with Crippen LogP contribution in [-0.2, 0) is 32.6 Å². The Morgan fingerprint density at radius 1 is 0.949 bits per heavy atom. The summed E-state index contributed by atoms with van der Waals surface area (Å²) in [5.41, 5.74) is 1.59. The molecular weight excluding hydrogens is 625 g/mol. The van der Waals surface area contributed by atoms with Gasteiger partial charge in [0.25, 0.3) is 0 Å². The van der Waals surface area contributed by atoms with Crippen molar-refractivity contribution in [2.75, 3.05) is 17.1 Å². The first-order valence-electron chi connectivity index (χ1n) is 12.2. The van der Waals surface area contributed by atoms with Crippen LogP contribution in [0.15, 0.2) is 77.3 Å². The monoisotopic (exact) mass is 653 g/mol. The number of sulfonamides is 1. The van der Waals surface area contributed by atoms with Gasteiger partial charge in [0.05, 0.1) is 11.9 Å². The summed E-state index contributed by atoms with van der Waals surface area (Å²) in [6.45, 7) is 3.02. The molecule has 11 heteroatoms. The lowest BCUT2D eigenvalue weighted by Crippen LogP contribution is -2.54. The third-order valence-corrected chi connectivity index (χ3v) is 8.21. The molecule has 0 heterocycles. The lowest BCUT2D eigenvalue weighted by Gasteiger charge is -2.34. The molecule has 0 aliphatic rings. The van der Waals surface area contributed by atoms with E-state index in [0.29, 0.717) is 25.8 Å². The molecule has 0 aromatic heterocycles. The quantitative estimate of drug-likeness (QED) is 0.288. The van der Waals surface area contributed by atoms with E-state index in [2.05, 4.69) is 21.2 Å². The molecule has 0 fully saturated rings. The third kappa shape index (κ3) is 8.70. The van der Waals surface area contributed by atoms with Crippen molar-refractivity contribution in [1.29, 1.82) is 0 Å². The van der Waals surface area contributed by atoms with Crippen LogP contribution in [0.4, 0.5) is 5.69 Å². The van der Waals surface area contributed by atoms with Gasteiger partial charge in [-0.15, -0.1) is 0 Å². The standard InChI is InChI=1S/C28H30BrCl2N3O4S/c1-19(2)32-28(36)26(15-20-9-5-4-6-10-20)33(17-23-24(30)13-8-14-25(23)31)27(35)18-34(39(3,37)38)22-12-7-11-21(29)16-22/h4-14,16,19,26H,15,17-18H2,1-3H3,(H,32,36)/t26-/m0/s1. The second kappa shape index (κ2) is 13.7. The fourth-order valence-corrected chi connectivity index (χ4v) is 5.78. The Morgan fingerprint density at radius 2 is 1.56 bits per heavy atom. The van der Waals surface area contributed by atoms with E-state index in [9.17, 15) is 18.0 Å². The predicted molar refractivity (Wildman–Crippen MR) is 161 cm³/mol. The minimum atomic E-state index is -3.86. The van der Waals surface area contributed by atoms with Gasteiger partial charge < -0.3 is 10.2 Å². The Balaban J connectivity index is 2.10. The molecule has 0 radical (unpaired) electrons. The van der Waals surface area contributed by atoms with Gasteiger partial charge in [-0.05, 0) is 49.7 Å². The maximum absolute atomic E-state index is 14.0. The molecule has 0 unspecified atom stereocenters. The fraction of sp³-hybridized carbons (Fsp3) is 0.286. The SMILES string of the molecule is CC(C)NC(=O)[C@H](Cc1ccccc1)N(Cc1c(Cl)cccc1Cl)C(=O)CN(c1cccc(Br)c1)S(C)(=O)=O. The molecule has 208 valence electrons. The highest BCUT2D eigenvalue weighted by Crippen LogP contribution is 2.28. The largest absolute Gasteiger partial charge is 0.352 e. The van der Waals surface area contributed by atoms with E-state index in [4.69, 9.17) is 23.2 Å². The molecule has 0 bridgehead atoms. The number of benzene rings is 3. The van der Waals surface area contributed by atoms with Crippen LogP contribution in [0.1, 0.15) is 25.0 Å². The summed E-state index contributed by atoms with van der Waals surface area (Å²) < 4.78 is 27.3. The summed E-state index contributed by atoms with van der Waals surface area (Å²) in [4.78, 5) is 29.0. The van der Waals surface area contributed by atoms with Crippen molar-refractivity contribution in [2.45, 2.75) is 38.9 Å². The summed E-state index contributed by atoms with van der Waals surface area (Å²) in [6.07, 6.45) is 1.23. The zero-order chi connectivity index (χ0) is 28.7. The Hall–Kier alpha value is -2.59. The molecular formula is C28H30BrCl2N3O4S. The van der Waals surface area contributed by atoms with Crippen molar-refractivity contribution in [3.8, 4) is 0 Å². The van der Waals surface area contributed by atoms with Crippen LogP contribution in [0.5, 0.6) is 0 Å². The number of carbonyl (C=O) groups excluding carboxylic acids is 2. The number of halogens is 3. The average molecular weight is 655 g/mol. The molecule has 3 aromatic rings. The first kappa shape index (κ1) is 30.9. The van der Waals surface area contributed by atoms with Crippen LogP contribution >= 0.6 is 39.1 Å². The molecule has 1 N–H and O–H groups in total. The van der Waals surface area contributed by atoms with Gasteiger partial charge in [0.1, 0.15) is 12.6 Å². The minimum Gasteiger partial charge on any atom is -0.352 e. The zero-order valence-electron chi connectivity index (χ0n) is 21.8. The van der Waals surface area contributed by atoms with Crippen LogP contribution in [0.25, 0.3) is 0 Å². The van der Waals surface area contributed by atoms with Gasteiger partial charge in [0.15, 0.2) is 0 Å². The van der Waals surface area contributed by atoms with Gasteiger partial charge >= 0.3 is 0 Å². The molecule has 2 amide bonds. The van der Waals surface area contributed by atoms with Gasteiger partial charge in [-0.25, -0.2) is 8.42 Å². The Labute approximate surface area is 248 Å². The maximum Gasteiger partial charge on any atom is 0.244 e. The van der Waals surface area contributed by atoms with Gasteiger partial charge in [0, 0.05) is 39.1 Å². The van der Waals surface area contributed by atoms with Crippen LogP contribution in [0.3, 0.4) is 0 Å². The van der Waals surface area contributed by atoms with Crippen molar-refractivity contribution >= 4 is 66.7 Å². The van der Waals surface area contributed by atoms with E-state index >= 15 is 0 Å². The minimum absolute atomic E-state index is 0.101. The number of rotatable bonds is 11. The number of carbonyl (C=O) groups is 2. The molecule has 0 aliphatic heterocycles. The van der Waals surface area contributed by atoms with Crippen molar-refractivity contribution in [3.63, 3.8) is 0 Å². The summed E-state index contributed by atoms with van der Waals surface area (Å²) in [7, 11) is -3.86. The lowest BCUT2D eigenvalue weighted by molar-refractivity contribution is -0.140. The average Bonchev–Trinajstić information content (AvgIpc) is 2.85. The van der Waals surface area contributed by atoms with Crippen molar-refractivity contribution < 1.29 is 18.0 Å². The van der Waals surface area contributed by atoms with Crippen LogP contribution in [0, 0.1) is 0 Å². The fourth-order valence-electron chi connectivity index (χ4n) is 4.03. The highest BCUT2D eigenvalue weighted by molar-refractivity contribution is 9.10. The molecule has 3 rings (SSSR count). The molecule has 0 saturated heterocycles. The molecule has 0 aliphatic carbocycles. The van der Waals surface area contributed by atoms with Gasteiger partial charge in [-0.3, -0.25) is 13.9 Å². The van der Waals surface area contributed by atoms with E-state index < -0.39 is 28.5 Å². The Bertz CT molecular complexity index is 1400. The number of hydrogen-bond donors (Lipinski definition) is 1. The first-order valence-corrected chi connectivity index (χ1v) is 15.6. The second-order valence-corrected chi connectivity index (χ2v) is 13.0. The van der Waals surface area contributed by atoms with E-state index in [1.165, 1.54) is 4.90 Å². The topological polar surface area (TPSA) is 86.8 Å². The third-order valence-electron chi connectivity index (χ3n) is 5.87. The summed E-state index contributed by atoms with van der Waals surface area (Å²) >= 11 is 16.3. The zero-order valence-corrected chi connectivity index (χ0v) is 25.7. The van der Waals surface area contributed by atoms with Gasteiger partial charge in [-0.1, -0.05) is 81.6 Å². The van der Waals surface area contributed by atoms with E-state index in [-0.39, 0.29) is 24.9 Å². The number of anilines is 1. The molecule has 0 spiro atoms. The summed E-state index contributed by atoms with van der Waals surface area (Å²) in [5.74, 6) is -0.963. The maximum atomic E-state index is 14.0. The van der Waals surface area contributed by atoms with Crippen molar-refractivity contribution in [1.82, 2.24) is 10.2 Å². The van der Waals surface area contributed by atoms with Crippen molar-refractivity contribution in [3.05, 3.63) is 98.4 Å². The number of amides is 2. The highest BCUT2D eigenvalue weighted by atomic mass is 79.9. The predicted octanol–water partition coefficient (Wildman–Crippen LogP) is 5.69. The van der Waals surface area contributed by atoms with E-state index in [1.54, 1.807) is 42.5 Å². The molecule has 3 aromatic carbocycles. The van der Waals surface area contributed by atoms with Gasteiger partial charge in [0.2, 0.25) is 21.8 Å². The van der Waals surface area contributed by atoms with E-state index in [0.717, 1.165) is 16.1 Å². The van der Waals surface area contributed by atoms with E-state index in [1.807, 2.05) is 44.2 Å². The molecule has 39 heavy (non-hydrogen) atoms. The molecule has 0 saturated carbocycles. The first-order chi connectivity index (χ1) is 18.4. The number of hydrogen-bond acceptors (Lipinski definition) is 4. The van der Waals surface area contributed by atoms with Crippen LogP contribution in [0.2, 0.25) is 10.0 Å². The second-order valence-electron chi connectivity index (χ2n) is 9.34. The number of nitrogens with one attached hydrogen (secondary N) is 1. The molecule has 7 nitrogen and oxygen atoms in total. The Kier molecular flexibility index (Phi) is 10.8. The van der Waals surface area contributed by atoms with Gasteiger partial charge in [-0.2, -0.15) is 0 Å². The van der Waals surface area contributed by atoms with Crippen molar-refractivity contribution in [2.24, 2.45) is 0 Å². The summed E-state index contributed by atoms with van der Waals surface area (Å²) in [5, 5.41) is 3.56. The summed E-state index contributed by atoms with van der Waals surface area (Å²) in [6, 6.07) is 19.8.